The van der Waals surface area contributed by atoms with Crippen LogP contribution in [0.5, 0.6) is 0 Å². The first-order chi connectivity index (χ1) is 8.52. The Bertz CT molecular complexity index is 407. The molecule has 0 saturated heterocycles. The van der Waals surface area contributed by atoms with Gasteiger partial charge in [-0.25, -0.2) is 4.79 Å². The van der Waals surface area contributed by atoms with Crippen molar-refractivity contribution in [2.45, 2.75) is 38.1 Å². The average Bonchev–Trinajstić information content (AvgIpc) is 2.29. The zero-order valence-corrected chi connectivity index (χ0v) is 11.9. The molecule has 0 atom stereocenters. The number of anilines is 2. The van der Waals surface area contributed by atoms with E-state index in [9.17, 15) is 4.79 Å². The number of hydrogen-bond donors (Lipinski definition) is 3. The van der Waals surface area contributed by atoms with E-state index in [1.165, 1.54) is 0 Å². The number of hydrogen-bond acceptors (Lipinski definition) is 3. The molecule has 4 nitrogen and oxygen atoms in total. The second kappa shape index (κ2) is 7.16. The lowest BCUT2D eigenvalue weighted by atomic mass is 10.2. The van der Waals surface area contributed by atoms with E-state index in [1.807, 2.05) is 32.0 Å². The second-order valence-corrected chi connectivity index (χ2v) is 5.52. The number of carbonyl (C=O) groups is 1. The van der Waals surface area contributed by atoms with Crippen molar-refractivity contribution in [3.8, 4) is 0 Å². The van der Waals surface area contributed by atoms with Crippen LogP contribution in [0.25, 0.3) is 0 Å². The van der Waals surface area contributed by atoms with Gasteiger partial charge in [0.2, 0.25) is 0 Å². The van der Waals surface area contributed by atoms with Gasteiger partial charge in [0.05, 0.1) is 11.4 Å². The Balaban J connectivity index is 2.71. The van der Waals surface area contributed by atoms with Crippen molar-refractivity contribution >= 4 is 29.2 Å². The first-order valence-corrected chi connectivity index (χ1v) is 7.11. The molecule has 0 bridgehead atoms. The Labute approximate surface area is 113 Å². The maximum Gasteiger partial charge on any atom is 0.319 e. The van der Waals surface area contributed by atoms with E-state index in [2.05, 4.69) is 17.6 Å². The molecule has 4 N–H and O–H groups in total. The van der Waals surface area contributed by atoms with E-state index in [-0.39, 0.29) is 12.1 Å². The summed E-state index contributed by atoms with van der Waals surface area (Å²) in [5, 5.41) is 5.54. The molecule has 0 fully saturated rings. The van der Waals surface area contributed by atoms with Crippen LogP contribution in [-0.2, 0) is 0 Å². The number of rotatable bonds is 5. The third kappa shape index (κ3) is 4.87. The highest BCUT2D eigenvalue weighted by molar-refractivity contribution is 7.99. The highest BCUT2D eigenvalue weighted by Crippen LogP contribution is 2.26. The first-order valence-electron chi connectivity index (χ1n) is 6.12. The number of urea groups is 1. The lowest BCUT2D eigenvalue weighted by Gasteiger charge is -2.12. The lowest BCUT2D eigenvalue weighted by Crippen LogP contribution is -2.34. The molecule has 1 rings (SSSR count). The highest BCUT2D eigenvalue weighted by atomic mass is 32.2. The van der Waals surface area contributed by atoms with Crippen molar-refractivity contribution < 1.29 is 4.79 Å². The summed E-state index contributed by atoms with van der Waals surface area (Å²) >= 11 is 1.76. The minimum Gasteiger partial charge on any atom is -0.397 e. The average molecular weight is 267 g/mol. The van der Waals surface area contributed by atoms with Gasteiger partial charge in [0.1, 0.15) is 0 Å². The van der Waals surface area contributed by atoms with Crippen LogP contribution in [0.4, 0.5) is 16.2 Å². The van der Waals surface area contributed by atoms with E-state index in [1.54, 1.807) is 11.8 Å². The number of nitrogen functional groups attached to an aromatic ring is 1. The molecular formula is C13H21N3OS. The maximum atomic E-state index is 11.6. The summed E-state index contributed by atoms with van der Waals surface area (Å²) in [7, 11) is 0. The lowest BCUT2D eigenvalue weighted by molar-refractivity contribution is 0.250. The third-order valence-electron chi connectivity index (χ3n) is 2.17. The van der Waals surface area contributed by atoms with E-state index in [4.69, 9.17) is 5.73 Å². The van der Waals surface area contributed by atoms with Crippen LogP contribution in [-0.4, -0.2) is 17.8 Å². The van der Waals surface area contributed by atoms with Crippen molar-refractivity contribution in [2.24, 2.45) is 0 Å². The van der Waals surface area contributed by atoms with Crippen molar-refractivity contribution in [1.82, 2.24) is 5.32 Å². The number of nitrogens with two attached hydrogens (primary N) is 1. The van der Waals surface area contributed by atoms with Crippen LogP contribution in [0, 0.1) is 0 Å². The summed E-state index contributed by atoms with van der Waals surface area (Å²) in [6.45, 7) is 5.96. The number of nitrogens with one attached hydrogen (secondary N) is 2. The number of benzene rings is 1. The third-order valence-corrected chi connectivity index (χ3v) is 3.37. The molecule has 0 saturated carbocycles. The number of thioether (sulfide) groups is 1. The first kappa shape index (κ1) is 14.7. The molecular weight excluding hydrogens is 246 g/mol. The van der Waals surface area contributed by atoms with E-state index in [0.717, 1.165) is 17.1 Å². The van der Waals surface area contributed by atoms with Gasteiger partial charge in [0.15, 0.2) is 0 Å². The van der Waals surface area contributed by atoms with Crippen molar-refractivity contribution in [3.05, 3.63) is 18.2 Å². The monoisotopic (exact) mass is 267 g/mol. The van der Waals surface area contributed by atoms with Crippen LogP contribution in [0.15, 0.2) is 23.1 Å². The smallest absolute Gasteiger partial charge is 0.319 e. The van der Waals surface area contributed by atoms with E-state index >= 15 is 0 Å². The molecule has 1 aromatic rings. The van der Waals surface area contributed by atoms with Crippen LogP contribution in [0.1, 0.15) is 27.2 Å². The van der Waals surface area contributed by atoms with E-state index in [0.29, 0.717) is 11.4 Å². The summed E-state index contributed by atoms with van der Waals surface area (Å²) in [5.74, 6) is 1.06. The molecule has 100 valence electrons. The van der Waals surface area contributed by atoms with Crippen LogP contribution < -0.4 is 16.4 Å². The van der Waals surface area contributed by atoms with Gasteiger partial charge in [-0.3, -0.25) is 0 Å². The molecule has 0 aliphatic carbocycles. The van der Waals surface area contributed by atoms with Gasteiger partial charge in [0, 0.05) is 10.9 Å². The topological polar surface area (TPSA) is 67.1 Å². The molecule has 0 aliphatic rings. The molecule has 0 radical (unpaired) electrons. The highest BCUT2D eigenvalue weighted by Gasteiger charge is 2.07. The standard InChI is InChI=1S/C13H21N3OS/c1-4-7-18-10-5-6-11(14)12(8-10)16-13(17)15-9(2)3/h5-6,8-9H,4,7,14H2,1-3H3,(H2,15,16,17). The number of amides is 2. The summed E-state index contributed by atoms with van der Waals surface area (Å²) in [6, 6.07) is 5.58. The summed E-state index contributed by atoms with van der Waals surface area (Å²) in [5.41, 5.74) is 7.09. The summed E-state index contributed by atoms with van der Waals surface area (Å²) in [6.07, 6.45) is 1.12. The molecule has 0 spiro atoms. The van der Waals surface area contributed by atoms with Gasteiger partial charge in [-0.15, -0.1) is 11.8 Å². The molecule has 5 heteroatoms. The van der Waals surface area contributed by atoms with Crippen molar-refractivity contribution in [3.63, 3.8) is 0 Å². The summed E-state index contributed by atoms with van der Waals surface area (Å²) in [4.78, 5) is 12.7. The predicted molar refractivity (Wildman–Crippen MR) is 79.2 cm³/mol. The zero-order chi connectivity index (χ0) is 13.5. The minimum absolute atomic E-state index is 0.101. The van der Waals surface area contributed by atoms with Gasteiger partial charge in [0.25, 0.3) is 0 Å². The van der Waals surface area contributed by atoms with Crippen molar-refractivity contribution in [2.75, 3.05) is 16.8 Å². The zero-order valence-electron chi connectivity index (χ0n) is 11.1. The van der Waals surface area contributed by atoms with Crippen LogP contribution in [0.2, 0.25) is 0 Å². The quantitative estimate of drug-likeness (QED) is 0.566. The Morgan fingerprint density at radius 1 is 1.44 bits per heavy atom. The van der Waals surface area contributed by atoms with Gasteiger partial charge in [-0.1, -0.05) is 6.92 Å². The Morgan fingerprint density at radius 2 is 2.17 bits per heavy atom. The summed E-state index contributed by atoms with van der Waals surface area (Å²) < 4.78 is 0. The predicted octanol–water partition coefficient (Wildman–Crippen LogP) is 3.30. The van der Waals surface area contributed by atoms with Crippen LogP contribution >= 0.6 is 11.8 Å². The Kier molecular flexibility index (Phi) is 5.85. The van der Waals surface area contributed by atoms with Gasteiger partial charge < -0.3 is 16.4 Å². The normalized spacial score (nSPS) is 10.4. The molecule has 0 unspecified atom stereocenters. The fourth-order valence-corrected chi connectivity index (χ4v) is 2.18. The van der Waals surface area contributed by atoms with E-state index < -0.39 is 0 Å². The van der Waals surface area contributed by atoms with Gasteiger partial charge >= 0.3 is 6.03 Å². The fourth-order valence-electron chi connectivity index (χ4n) is 1.37. The molecule has 0 heterocycles. The fraction of sp³-hybridized carbons (Fsp3) is 0.462. The minimum atomic E-state index is -0.227. The van der Waals surface area contributed by atoms with Gasteiger partial charge in [-0.2, -0.15) is 0 Å². The molecule has 1 aromatic carbocycles. The Hall–Kier alpha value is -1.36. The second-order valence-electron chi connectivity index (χ2n) is 4.35. The maximum absolute atomic E-state index is 11.6. The Morgan fingerprint density at radius 3 is 2.78 bits per heavy atom. The molecule has 0 aliphatic heterocycles. The SMILES string of the molecule is CCCSc1ccc(N)c(NC(=O)NC(C)C)c1. The molecule has 2 amide bonds. The largest absolute Gasteiger partial charge is 0.397 e. The van der Waals surface area contributed by atoms with Crippen molar-refractivity contribution in [1.29, 1.82) is 0 Å². The number of carbonyl (C=O) groups excluding carboxylic acids is 1. The molecule has 18 heavy (non-hydrogen) atoms. The van der Waals surface area contributed by atoms with Crippen LogP contribution in [0.3, 0.4) is 0 Å². The molecule has 0 aromatic heterocycles. The van der Waals surface area contributed by atoms with Gasteiger partial charge in [-0.05, 0) is 44.2 Å².